The molecule has 1 aliphatic rings. The SMILES string of the molecule is NC(=O)c1cnc(Oc2ccc(C(=O)N3CCCC3)cc2)c(Cl)c1. The van der Waals surface area contributed by atoms with Gasteiger partial charge in [-0.1, -0.05) is 11.6 Å². The minimum absolute atomic E-state index is 0.0287. The molecule has 1 saturated heterocycles. The summed E-state index contributed by atoms with van der Waals surface area (Å²) in [6.45, 7) is 1.62. The number of nitrogens with two attached hydrogens (primary N) is 1. The summed E-state index contributed by atoms with van der Waals surface area (Å²) in [5.74, 6) is 0.0798. The molecule has 0 saturated carbocycles. The molecule has 1 fully saturated rings. The summed E-state index contributed by atoms with van der Waals surface area (Å²) >= 11 is 6.04. The normalized spacial score (nSPS) is 13.8. The second-order valence-corrected chi connectivity index (χ2v) is 5.91. The van der Waals surface area contributed by atoms with E-state index in [9.17, 15) is 9.59 Å². The number of carbonyl (C=O) groups is 2. The third-order valence-electron chi connectivity index (χ3n) is 3.80. The molecular formula is C17H16ClN3O3. The number of hydrogen-bond acceptors (Lipinski definition) is 4. The minimum Gasteiger partial charge on any atom is -0.438 e. The number of carbonyl (C=O) groups excluding carboxylic acids is 2. The zero-order valence-electron chi connectivity index (χ0n) is 12.9. The smallest absolute Gasteiger partial charge is 0.253 e. The van der Waals surface area contributed by atoms with E-state index < -0.39 is 5.91 Å². The van der Waals surface area contributed by atoms with Crippen molar-refractivity contribution < 1.29 is 14.3 Å². The zero-order valence-corrected chi connectivity index (χ0v) is 13.6. The summed E-state index contributed by atoms with van der Waals surface area (Å²) in [5.41, 5.74) is 5.99. The number of ether oxygens (including phenoxy) is 1. The van der Waals surface area contributed by atoms with Gasteiger partial charge >= 0.3 is 0 Å². The molecule has 1 aromatic carbocycles. The van der Waals surface area contributed by atoms with Crippen LogP contribution >= 0.6 is 11.6 Å². The van der Waals surface area contributed by atoms with E-state index in [4.69, 9.17) is 22.1 Å². The fourth-order valence-corrected chi connectivity index (χ4v) is 2.72. The van der Waals surface area contributed by atoms with Crippen LogP contribution in [0.3, 0.4) is 0 Å². The van der Waals surface area contributed by atoms with E-state index in [-0.39, 0.29) is 22.4 Å². The van der Waals surface area contributed by atoms with Gasteiger partial charge in [0.05, 0.1) is 5.56 Å². The number of rotatable bonds is 4. The number of pyridine rings is 1. The Balaban J connectivity index is 1.72. The lowest BCUT2D eigenvalue weighted by Gasteiger charge is -2.15. The first-order chi connectivity index (χ1) is 11.5. The summed E-state index contributed by atoms with van der Waals surface area (Å²) in [7, 11) is 0. The summed E-state index contributed by atoms with van der Waals surface area (Å²) < 4.78 is 5.58. The second-order valence-electron chi connectivity index (χ2n) is 5.50. The van der Waals surface area contributed by atoms with Gasteiger partial charge in [0.25, 0.3) is 5.91 Å². The lowest BCUT2D eigenvalue weighted by Crippen LogP contribution is -2.27. The number of amides is 2. The van der Waals surface area contributed by atoms with Crippen molar-refractivity contribution in [2.45, 2.75) is 12.8 Å². The molecule has 2 aromatic rings. The molecule has 0 spiro atoms. The molecule has 0 radical (unpaired) electrons. The third kappa shape index (κ3) is 3.49. The molecule has 0 bridgehead atoms. The topological polar surface area (TPSA) is 85.5 Å². The predicted octanol–water partition coefficient (Wildman–Crippen LogP) is 2.86. The average molecular weight is 346 g/mol. The molecule has 6 nitrogen and oxygen atoms in total. The molecule has 0 atom stereocenters. The van der Waals surface area contributed by atoms with Crippen molar-refractivity contribution in [2.24, 2.45) is 5.73 Å². The van der Waals surface area contributed by atoms with Gasteiger partial charge in [0, 0.05) is 24.8 Å². The van der Waals surface area contributed by atoms with Gasteiger partial charge in [-0.05, 0) is 43.2 Å². The Morgan fingerprint density at radius 1 is 1.12 bits per heavy atom. The molecule has 24 heavy (non-hydrogen) atoms. The number of primary amides is 1. The zero-order chi connectivity index (χ0) is 17.1. The lowest BCUT2D eigenvalue weighted by atomic mass is 10.2. The van der Waals surface area contributed by atoms with Crippen LogP contribution in [0, 0.1) is 0 Å². The molecule has 3 rings (SSSR count). The highest BCUT2D eigenvalue weighted by Crippen LogP contribution is 2.28. The van der Waals surface area contributed by atoms with Gasteiger partial charge in [-0.2, -0.15) is 0 Å². The molecule has 124 valence electrons. The van der Waals surface area contributed by atoms with Gasteiger partial charge in [0.15, 0.2) is 0 Å². The van der Waals surface area contributed by atoms with Gasteiger partial charge in [0.2, 0.25) is 11.8 Å². The Kier molecular flexibility index (Phi) is 4.66. The van der Waals surface area contributed by atoms with Crippen LogP contribution in [0.25, 0.3) is 0 Å². The van der Waals surface area contributed by atoms with Crippen LogP contribution < -0.4 is 10.5 Å². The van der Waals surface area contributed by atoms with Crippen molar-refractivity contribution in [1.82, 2.24) is 9.88 Å². The Morgan fingerprint density at radius 3 is 2.38 bits per heavy atom. The summed E-state index contributed by atoms with van der Waals surface area (Å²) in [4.78, 5) is 29.2. The first-order valence-electron chi connectivity index (χ1n) is 7.57. The first kappa shape index (κ1) is 16.3. The number of benzene rings is 1. The van der Waals surface area contributed by atoms with Crippen molar-refractivity contribution in [3.8, 4) is 11.6 Å². The van der Waals surface area contributed by atoms with Crippen LogP contribution in [-0.2, 0) is 0 Å². The van der Waals surface area contributed by atoms with E-state index in [0.717, 1.165) is 25.9 Å². The number of nitrogens with zero attached hydrogens (tertiary/aromatic N) is 2. The maximum Gasteiger partial charge on any atom is 0.253 e. The highest BCUT2D eigenvalue weighted by molar-refractivity contribution is 6.32. The summed E-state index contributed by atoms with van der Waals surface area (Å²) in [5, 5.41) is 0.184. The van der Waals surface area contributed by atoms with Gasteiger partial charge in [-0.15, -0.1) is 0 Å². The molecule has 2 heterocycles. The Bertz CT molecular complexity index is 771. The van der Waals surface area contributed by atoms with Crippen molar-refractivity contribution >= 4 is 23.4 Å². The van der Waals surface area contributed by atoms with Crippen molar-refractivity contribution in [1.29, 1.82) is 0 Å². The highest BCUT2D eigenvalue weighted by atomic mass is 35.5. The van der Waals surface area contributed by atoms with Crippen molar-refractivity contribution in [2.75, 3.05) is 13.1 Å². The molecular weight excluding hydrogens is 330 g/mol. The van der Waals surface area contributed by atoms with Crippen LogP contribution in [0.4, 0.5) is 0 Å². The van der Waals surface area contributed by atoms with Gasteiger partial charge in [0.1, 0.15) is 10.8 Å². The van der Waals surface area contributed by atoms with E-state index in [1.165, 1.54) is 12.3 Å². The van der Waals surface area contributed by atoms with Crippen molar-refractivity contribution in [3.63, 3.8) is 0 Å². The second kappa shape index (κ2) is 6.88. The number of aromatic nitrogens is 1. The minimum atomic E-state index is -0.610. The molecule has 1 aliphatic heterocycles. The van der Waals surface area contributed by atoms with Crippen LogP contribution in [0.15, 0.2) is 36.5 Å². The maximum atomic E-state index is 12.3. The van der Waals surface area contributed by atoms with Gasteiger partial charge in [-0.3, -0.25) is 9.59 Å². The lowest BCUT2D eigenvalue weighted by molar-refractivity contribution is 0.0792. The molecule has 2 N–H and O–H groups in total. The molecule has 7 heteroatoms. The van der Waals surface area contributed by atoms with Crippen LogP contribution in [0.1, 0.15) is 33.6 Å². The van der Waals surface area contributed by atoms with Crippen LogP contribution in [0.5, 0.6) is 11.6 Å². The van der Waals surface area contributed by atoms with E-state index >= 15 is 0 Å². The molecule has 2 amide bonds. The quantitative estimate of drug-likeness (QED) is 0.923. The number of hydrogen-bond donors (Lipinski definition) is 1. The number of halogens is 1. The fourth-order valence-electron chi connectivity index (χ4n) is 2.52. The third-order valence-corrected chi connectivity index (χ3v) is 4.07. The first-order valence-corrected chi connectivity index (χ1v) is 7.95. The monoisotopic (exact) mass is 345 g/mol. The Hall–Kier alpha value is -2.60. The number of likely N-dealkylation sites (tertiary alicyclic amines) is 1. The van der Waals surface area contributed by atoms with E-state index in [0.29, 0.717) is 11.3 Å². The Labute approximate surface area is 144 Å². The molecule has 1 aromatic heterocycles. The van der Waals surface area contributed by atoms with Crippen molar-refractivity contribution in [3.05, 3.63) is 52.7 Å². The van der Waals surface area contributed by atoms with Crippen LogP contribution in [-0.4, -0.2) is 34.8 Å². The van der Waals surface area contributed by atoms with Gasteiger partial charge in [-0.25, -0.2) is 4.98 Å². The van der Waals surface area contributed by atoms with Gasteiger partial charge < -0.3 is 15.4 Å². The maximum absolute atomic E-state index is 12.3. The van der Waals surface area contributed by atoms with E-state index in [1.807, 2.05) is 4.90 Å². The molecule has 0 unspecified atom stereocenters. The van der Waals surface area contributed by atoms with Crippen LogP contribution in [0.2, 0.25) is 5.02 Å². The highest BCUT2D eigenvalue weighted by Gasteiger charge is 2.19. The predicted molar refractivity (Wildman–Crippen MR) is 89.4 cm³/mol. The van der Waals surface area contributed by atoms with E-state index in [2.05, 4.69) is 4.98 Å². The Morgan fingerprint density at radius 2 is 1.79 bits per heavy atom. The fraction of sp³-hybridized carbons (Fsp3) is 0.235. The summed E-state index contributed by atoms with van der Waals surface area (Å²) in [6.07, 6.45) is 3.41. The average Bonchev–Trinajstić information content (AvgIpc) is 3.11. The van der Waals surface area contributed by atoms with E-state index in [1.54, 1.807) is 24.3 Å². The largest absolute Gasteiger partial charge is 0.438 e. The molecule has 0 aliphatic carbocycles. The standard InChI is InChI=1S/C17H16ClN3O3/c18-14-9-12(15(19)22)10-20-16(14)24-13-5-3-11(4-6-13)17(23)21-7-1-2-8-21/h3-6,9-10H,1-2,7-8H2,(H2,19,22). The summed E-state index contributed by atoms with van der Waals surface area (Å²) in [6, 6.07) is 8.19.